The molecule has 7 heteroatoms. The summed E-state index contributed by atoms with van der Waals surface area (Å²) in [6.45, 7) is 2.23. The minimum atomic E-state index is -0.418. The molecule has 2 saturated heterocycles. The van der Waals surface area contributed by atoms with Gasteiger partial charge in [-0.05, 0) is 30.7 Å². The van der Waals surface area contributed by atoms with E-state index < -0.39 is 5.82 Å². The predicted octanol–water partition coefficient (Wildman–Crippen LogP) is 2.47. The number of nitrogens with zero attached hydrogens (tertiary/aromatic N) is 3. The third kappa shape index (κ3) is 3.37. The highest BCUT2D eigenvalue weighted by molar-refractivity contribution is 5.47. The van der Waals surface area contributed by atoms with Gasteiger partial charge in [0.2, 0.25) is 5.95 Å². The highest BCUT2D eigenvalue weighted by atomic mass is 19.1. The van der Waals surface area contributed by atoms with Crippen molar-refractivity contribution in [3.8, 4) is 5.75 Å². The molecule has 6 nitrogen and oxygen atoms in total. The summed E-state index contributed by atoms with van der Waals surface area (Å²) in [5, 5.41) is 3.53. The van der Waals surface area contributed by atoms with E-state index in [9.17, 15) is 4.39 Å². The fraction of sp³-hybridized carbons (Fsp3) is 0.444. The van der Waals surface area contributed by atoms with Gasteiger partial charge in [0.1, 0.15) is 5.75 Å². The van der Waals surface area contributed by atoms with E-state index in [1.807, 2.05) is 24.3 Å². The van der Waals surface area contributed by atoms with Crippen LogP contribution in [0.2, 0.25) is 0 Å². The Hall–Kier alpha value is -2.41. The van der Waals surface area contributed by atoms with E-state index in [1.165, 1.54) is 12.4 Å². The smallest absolute Gasteiger partial charge is 0.225 e. The molecule has 1 spiro atoms. The fourth-order valence-electron chi connectivity index (χ4n) is 3.63. The van der Waals surface area contributed by atoms with Crippen LogP contribution in [0.15, 0.2) is 36.7 Å². The summed E-state index contributed by atoms with van der Waals surface area (Å²) in [6.07, 6.45) is 4.26. The maximum atomic E-state index is 13.0. The SMILES string of the molecule is COc1ccc(NC2COC3(CCN(c4ncc(F)cn4)C3)C2)cc1. The zero-order valence-corrected chi connectivity index (χ0v) is 14.1. The highest BCUT2D eigenvalue weighted by Gasteiger charge is 2.46. The number of rotatable bonds is 4. The van der Waals surface area contributed by atoms with Crippen molar-refractivity contribution in [2.75, 3.05) is 37.0 Å². The lowest BCUT2D eigenvalue weighted by molar-refractivity contribution is 0.0228. The van der Waals surface area contributed by atoms with Gasteiger partial charge < -0.3 is 19.7 Å². The van der Waals surface area contributed by atoms with Crippen molar-refractivity contribution in [1.29, 1.82) is 0 Å². The van der Waals surface area contributed by atoms with Crippen LogP contribution in [0.4, 0.5) is 16.0 Å². The van der Waals surface area contributed by atoms with Crippen LogP contribution in [-0.4, -0.2) is 48.4 Å². The van der Waals surface area contributed by atoms with Gasteiger partial charge in [-0.3, -0.25) is 0 Å². The van der Waals surface area contributed by atoms with Crippen molar-refractivity contribution in [2.24, 2.45) is 0 Å². The number of nitrogens with one attached hydrogen (secondary N) is 1. The van der Waals surface area contributed by atoms with Crippen molar-refractivity contribution in [3.63, 3.8) is 0 Å². The van der Waals surface area contributed by atoms with Gasteiger partial charge in [0.05, 0.1) is 44.3 Å². The number of hydrogen-bond acceptors (Lipinski definition) is 6. The van der Waals surface area contributed by atoms with E-state index in [4.69, 9.17) is 9.47 Å². The number of methoxy groups -OCH3 is 1. The lowest BCUT2D eigenvalue weighted by Crippen LogP contribution is -2.34. The summed E-state index contributed by atoms with van der Waals surface area (Å²) < 4.78 is 24.3. The second-order valence-corrected chi connectivity index (χ2v) is 6.64. The number of benzene rings is 1. The summed E-state index contributed by atoms with van der Waals surface area (Å²) in [7, 11) is 1.66. The van der Waals surface area contributed by atoms with Crippen LogP contribution in [0.25, 0.3) is 0 Å². The van der Waals surface area contributed by atoms with Crippen molar-refractivity contribution >= 4 is 11.6 Å². The van der Waals surface area contributed by atoms with E-state index in [1.54, 1.807) is 7.11 Å². The Morgan fingerprint density at radius 1 is 1.28 bits per heavy atom. The lowest BCUT2D eigenvalue weighted by Gasteiger charge is -2.23. The zero-order valence-electron chi connectivity index (χ0n) is 14.1. The first kappa shape index (κ1) is 16.1. The maximum absolute atomic E-state index is 13.0. The quantitative estimate of drug-likeness (QED) is 0.919. The second-order valence-electron chi connectivity index (χ2n) is 6.64. The topological polar surface area (TPSA) is 59.5 Å². The van der Waals surface area contributed by atoms with Gasteiger partial charge in [0.25, 0.3) is 0 Å². The first-order chi connectivity index (χ1) is 12.2. The van der Waals surface area contributed by atoms with E-state index in [0.717, 1.165) is 37.4 Å². The molecule has 2 aromatic rings. The van der Waals surface area contributed by atoms with Crippen LogP contribution in [0, 0.1) is 5.82 Å². The number of hydrogen-bond donors (Lipinski definition) is 1. The molecule has 3 heterocycles. The number of aromatic nitrogens is 2. The van der Waals surface area contributed by atoms with E-state index >= 15 is 0 Å². The average Bonchev–Trinajstić information content (AvgIpc) is 3.23. The molecule has 1 aromatic heterocycles. The average molecular weight is 344 g/mol. The molecule has 4 rings (SSSR count). The molecule has 2 aliphatic heterocycles. The minimum absolute atomic E-state index is 0.179. The van der Waals surface area contributed by atoms with Gasteiger partial charge in [-0.15, -0.1) is 0 Å². The molecule has 0 bridgehead atoms. The predicted molar refractivity (Wildman–Crippen MR) is 92.5 cm³/mol. The summed E-state index contributed by atoms with van der Waals surface area (Å²) in [5.74, 6) is 0.988. The molecule has 0 saturated carbocycles. The monoisotopic (exact) mass is 344 g/mol. The van der Waals surface area contributed by atoms with E-state index in [0.29, 0.717) is 12.6 Å². The first-order valence-electron chi connectivity index (χ1n) is 8.43. The number of anilines is 2. The van der Waals surface area contributed by atoms with Gasteiger partial charge in [-0.2, -0.15) is 0 Å². The summed E-state index contributed by atoms with van der Waals surface area (Å²) in [4.78, 5) is 10.2. The Balaban J connectivity index is 1.37. The Labute approximate surface area is 146 Å². The maximum Gasteiger partial charge on any atom is 0.225 e. The molecule has 25 heavy (non-hydrogen) atoms. The van der Waals surface area contributed by atoms with Crippen LogP contribution >= 0.6 is 0 Å². The third-order valence-corrected chi connectivity index (χ3v) is 4.88. The Morgan fingerprint density at radius 3 is 2.76 bits per heavy atom. The molecule has 1 N–H and O–H groups in total. The van der Waals surface area contributed by atoms with Crippen LogP contribution in [0.1, 0.15) is 12.8 Å². The van der Waals surface area contributed by atoms with Gasteiger partial charge in [0, 0.05) is 18.7 Å². The van der Waals surface area contributed by atoms with Crippen molar-refractivity contribution in [3.05, 3.63) is 42.5 Å². The van der Waals surface area contributed by atoms with Crippen LogP contribution in [0.3, 0.4) is 0 Å². The molecule has 1 aromatic carbocycles. The van der Waals surface area contributed by atoms with Crippen molar-refractivity contribution in [1.82, 2.24) is 9.97 Å². The van der Waals surface area contributed by atoms with Crippen molar-refractivity contribution < 1.29 is 13.9 Å². The molecule has 132 valence electrons. The molecular formula is C18H21FN4O2. The highest BCUT2D eigenvalue weighted by Crippen LogP contribution is 2.37. The zero-order chi connectivity index (χ0) is 17.3. The molecule has 0 amide bonds. The Kier molecular flexibility index (Phi) is 4.17. The Morgan fingerprint density at radius 2 is 2.04 bits per heavy atom. The molecule has 2 aliphatic rings. The standard InChI is InChI=1S/C18H21FN4O2/c1-24-16-4-2-14(3-5-16)22-15-8-18(25-11-15)6-7-23(12-18)17-20-9-13(19)10-21-17/h2-5,9-10,15,22H,6-8,11-12H2,1H3. The van der Waals surface area contributed by atoms with Gasteiger partial charge >= 0.3 is 0 Å². The molecule has 2 atom stereocenters. The lowest BCUT2D eigenvalue weighted by atomic mass is 9.97. The number of halogens is 1. The first-order valence-corrected chi connectivity index (χ1v) is 8.43. The molecular weight excluding hydrogens is 323 g/mol. The molecule has 2 fully saturated rings. The molecule has 0 radical (unpaired) electrons. The van der Waals surface area contributed by atoms with Crippen LogP contribution in [-0.2, 0) is 4.74 Å². The van der Waals surface area contributed by atoms with E-state index in [2.05, 4.69) is 20.2 Å². The van der Waals surface area contributed by atoms with Crippen LogP contribution < -0.4 is 15.0 Å². The van der Waals surface area contributed by atoms with E-state index in [-0.39, 0.29) is 11.6 Å². The Bertz CT molecular complexity index is 725. The largest absolute Gasteiger partial charge is 0.497 e. The summed E-state index contributed by atoms with van der Waals surface area (Å²) in [6, 6.07) is 8.17. The van der Waals surface area contributed by atoms with Crippen molar-refractivity contribution in [2.45, 2.75) is 24.5 Å². The van der Waals surface area contributed by atoms with Gasteiger partial charge in [-0.1, -0.05) is 0 Å². The summed E-state index contributed by atoms with van der Waals surface area (Å²) in [5.41, 5.74) is 0.880. The van der Waals surface area contributed by atoms with Gasteiger partial charge in [-0.25, -0.2) is 14.4 Å². The second kappa shape index (κ2) is 6.48. The van der Waals surface area contributed by atoms with Gasteiger partial charge in [0.15, 0.2) is 5.82 Å². The third-order valence-electron chi connectivity index (χ3n) is 4.88. The number of ether oxygens (including phenoxy) is 2. The summed E-state index contributed by atoms with van der Waals surface area (Å²) >= 11 is 0. The fourth-order valence-corrected chi connectivity index (χ4v) is 3.63. The molecule has 2 unspecified atom stereocenters. The normalized spacial score (nSPS) is 25.5. The minimum Gasteiger partial charge on any atom is -0.497 e. The van der Waals surface area contributed by atoms with Crippen LogP contribution in [0.5, 0.6) is 5.75 Å². The molecule has 0 aliphatic carbocycles.